The highest BCUT2D eigenvalue weighted by atomic mass is 32.2. The van der Waals surface area contributed by atoms with Crippen molar-refractivity contribution in [1.82, 2.24) is 0 Å². The van der Waals surface area contributed by atoms with Crippen LogP contribution in [0.2, 0.25) is 0 Å². The smallest absolute Gasteiger partial charge is 0.234 e. The number of amides is 2. The van der Waals surface area contributed by atoms with Gasteiger partial charge in [0.05, 0.1) is 22.9 Å². The fourth-order valence-corrected chi connectivity index (χ4v) is 7.63. The van der Waals surface area contributed by atoms with Crippen molar-refractivity contribution in [3.63, 3.8) is 0 Å². The summed E-state index contributed by atoms with van der Waals surface area (Å²) in [5.74, 6) is 6.80. The van der Waals surface area contributed by atoms with Crippen molar-refractivity contribution >= 4 is 82.0 Å². The lowest BCUT2D eigenvalue weighted by atomic mass is 10.3. The van der Waals surface area contributed by atoms with Crippen LogP contribution in [0.1, 0.15) is 0 Å². The Labute approximate surface area is 205 Å². The van der Waals surface area contributed by atoms with Crippen molar-refractivity contribution in [2.75, 3.05) is 56.7 Å². The number of hydrogen-bond donors (Lipinski definition) is 2. The summed E-state index contributed by atoms with van der Waals surface area (Å²) in [6.07, 6.45) is 0. The molecule has 2 N–H and O–H groups in total. The first-order valence-corrected chi connectivity index (χ1v) is 15.4. The maximum absolute atomic E-state index is 12.3. The molecule has 0 aliphatic carbocycles. The Morgan fingerprint density at radius 3 is 1.45 bits per heavy atom. The summed E-state index contributed by atoms with van der Waals surface area (Å²) in [7, 11) is 0. The van der Waals surface area contributed by atoms with Gasteiger partial charge in [-0.1, -0.05) is 24.3 Å². The van der Waals surface area contributed by atoms with Crippen molar-refractivity contribution in [2.24, 2.45) is 0 Å². The zero-order valence-electron chi connectivity index (χ0n) is 17.1. The Hall–Kier alpha value is -0.870. The average molecular weight is 511 g/mol. The molecule has 2 aromatic rings. The van der Waals surface area contributed by atoms with Crippen LogP contribution >= 0.6 is 58.8 Å². The van der Waals surface area contributed by atoms with Gasteiger partial charge in [0.1, 0.15) is 0 Å². The van der Waals surface area contributed by atoms with Crippen molar-refractivity contribution in [3.05, 3.63) is 48.5 Å². The highest BCUT2D eigenvalue weighted by Crippen LogP contribution is 2.31. The molecule has 2 aromatic carbocycles. The van der Waals surface area contributed by atoms with Crippen molar-refractivity contribution < 1.29 is 9.59 Å². The summed E-state index contributed by atoms with van der Waals surface area (Å²) < 4.78 is 0. The lowest BCUT2D eigenvalue weighted by molar-refractivity contribution is -0.114. The molecule has 0 atom stereocenters. The fraction of sp³-hybridized carbons (Fsp3) is 0.364. The molecule has 0 fully saturated rings. The maximum atomic E-state index is 12.3. The van der Waals surface area contributed by atoms with Gasteiger partial charge in [-0.2, -0.15) is 35.3 Å². The summed E-state index contributed by atoms with van der Waals surface area (Å²) in [6.45, 7) is 0. The van der Waals surface area contributed by atoms with Crippen LogP contribution in [0.4, 0.5) is 11.4 Å². The number of anilines is 2. The quantitative estimate of drug-likeness (QED) is 0.474. The van der Waals surface area contributed by atoms with E-state index >= 15 is 0 Å². The van der Waals surface area contributed by atoms with E-state index in [2.05, 4.69) is 22.8 Å². The molecule has 0 radical (unpaired) electrons. The lowest BCUT2D eigenvalue weighted by Crippen LogP contribution is -2.15. The van der Waals surface area contributed by atoms with Gasteiger partial charge in [0.15, 0.2) is 0 Å². The van der Waals surface area contributed by atoms with Gasteiger partial charge in [-0.15, -0.1) is 23.5 Å². The van der Waals surface area contributed by atoms with Gasteiger partial charge in [-0.05, 0) is 24.3 Å². The van der Waals surface area contributed by atoms with Gasteiger partial charge in [-0.25, -0.2) is 0 Å². The molecule has 31 heavy (non-hydrogen) atoms. The topological polar surface area (TPSA) is 58.2 Å². The molecule has 0 aromatic heterocycles. The number of benzene rings is 2. The van der Waals surface area contributed by atoms with Crippen LogP contribution in [0.25, 0.3) is 0 Å². The second-order valence-corrected chi connectivity index (χ2v) is 12.2. The summed E-state index contributed by atoms with van der Waals surface area (Å²) in [6, 6.07) is 15.9. The third-order valence-corrected chi connectivity index (χ3v) is 9.96. The van der Waals surface area contributed by atoms with Gasteiger partial charge >= 0.3 is 0 Å². The van der Waals surface area contributed by atoms with Crippen LogP contribution in [0, 0.1) is 0 Å². The summed E-state index contributed by atoms with van der Waals surface area (Å²) >= 11 is 8.69. The van der Waals surface area contributed by atoms with Crippen LogP contribution in [-0.4, -0.2) is 57.8 Å². The van der Waals surface area contributed by atoms with E-state index in [9.17, 15) is 9.59 Å². The van der Waals surface area contributed by atoms with Crippen LogP contribution in [0.3, 0.4) is 0 Å². The first-order chi connectivity index (χ1) is 15.2. The largest absolute Gasteiger partial charge is 0.324 e. The van der Waals surface area contributed by atoms with Crippen LogP contribution in [0.15, 0.2) is 58.3 Å². The van der Waals surface area contributed by atoms with E-state index in [1.165, 1.54) is 0 Å². The van der Waals surface area contributed by atoms with Gasteiger partial charge in [0.25, 0.3) is 0 Å². The molecule has 0 unspecified atom stereocenters. The monoisotopic (exact) mass is 510 g/mol. The van der Waals surface area contributed by atoms with Crippen molar-refractivity contribution in [1.29, 1.82) is 0 Å². The second-order valence-electron chi connectivity index (χ2n) is 6.50. The molecule has 1 heterocycles. The van der Waals surface area contributed by atoms with E-state index in [1.807, 2.05) is 48.2 Å². The molecule has 0 spiro atoms. The Bertz CT molecular complexity index is 796. The number of carbonyl (C=O) groups is 2. The minimum absolute atomic E-state index is 0.0531. The van der Waals surface area contributed by atoms with E-state index in [0.717, 1.165) is 55.7 Å². The summed E-state index contributed by atoms with van der Waals surface area (Å²) in [5.41, 5.74) is 1.76. The zero-order valence-corrected chi connectivity index (χ0v) is 21.2. The summed E-state index contributed by atoms with van der Waals surface area (Å²) in [5, 5.41) is 6.13. The van der Waals surface area contributed by atoms with Gasteiger partial charge < -0.3 is 10.6 Å². The minimum atomic E-state index is 0.0531. The SMILES string of the molecule is O=C1CSCCSCCSCC(=O)Nc2ccccc2SCCSc2ccccc2N1. The fourth-order valence-electron chi connectivity index (χ4n) is 2.73. The second kappa shape index (κ2) is 14.3. The van der Waals surface area contributed by atoms with E-state index in [-0.39, 0.29) is 11.8 Å². The minimum Gasteiger partial charge on any atom is -0.324 e. The van der Waals surface area contributed by atoms with E-state index < -0.39 is 0 Å². The molecule has 4 nitrogen and oxygen atoms in total. The molecule has 0 bridgehead atoms. The number of thioether (sulfide) groups is 5. The first kappa shape index (κ1) is 24.8. The van der Waals surface area contributed by atoms with E-state index in [4.69, 9.17) is 0 Å². The molecule has 0 saturated carbocycles. The lowest BCUT2D eigenvalue weighted by Gasteiger charge is -2.12. The Morgan fingerprint density at radius 1 is 0.548 bits per heavy atom. The molecule has 0 saturated heterocycles. The molecule has 9 heteroatoms. The number of hydrogen-bond acceptors (Lipinski definition) is 7. The third-order valence-electron chi connectivity index (χ3n) is 4.13. The molecule has 2 amide bonds. The van der Waals surface area contributed by atoms with Crippen LogP contribution < -0.4 is 10.6 Å². The Balaban J connectivity index is 1.64. The summed E-state index contributed by atoms with van der Waals surface area (Å²) in [4.78, 5) is 26.8. The van der Waals surface area contributed by atoms with Crippen LogP contribution in [0.5, 0.6) is 0 Å². The Kier molecular flexibility index (Phi) is 11.4. The highest BCUT2D eigenvalue weighted by molar-refractivity contribution is 8.05. The number of nitrogens with one attached hydrogen (secondary N) is 2. The first-order valence-electron chi connectivity index (χ1n) is 9.99. The maximum Gasteiger partial charge on any atom is 0.234 e. The molecule has 1 aliphatic rings. The van der Waals surface area contributed by atoms with Crippen molar-refractivity contribution in [2.45, 2.75) is 9.79 Å². The predicted octanol–water partition coefficient (Wildman–Crippen LogP) is 5.66. The average Bonchev–Trinajstić information content (AvgIpc) is 2.77. The van der Waals surface area contributed by atoms with Gasteiger partial charge in [-0.3, -0.25) is 9.59 Å². The van der Waals surface area contributed by atoms with Gasteiger partial charge in [0.2, 0.25) is 11.8 Å². The standard InChI is InChI=1S/C22H26N2O2S5/c25-21-15-28-11-9-27-10-12-29-16-22(26)24-18-6-2-4-8-20(18)31-14-13-30-19-7-3-1-5-17(19)23-21/h1-8H,9-16H2,(H,23,25)(H,24,26). The molecular formula is C22H26N2O2S5. The Morgan fingerprint density at radius 2 is 0.968 bits per heavy atom. The number of para-hydroxylation sites is 2. The molecule has 3 rings (SSSR count). The number of rotatable bonds is 0. The molecule has 1 aliphatic heterocycles. The van der Waals surface area contributed by atoms with E-state index in [0.29, 0.717) is 11.5 Å². The predicted molar refractivity (Wildman–Crippen MR) is 144 cm³/mol. The normalized spacial score (nSPS) is 17.9. The third kappa shape index (κ3) is 9.26. The van der Waals surface area contributed by atoms with Crippen molar-refractivity contribution in [3.8, 4) is 0 Å². The van der Waals surface area contributed by atoms with Gasteiger partial charge in [0, 0.05) is 44.3 Å². The van der Waals surface area contributed by atoms with Crippen LogP contribution in [-0.2, 0) is 9.59 Å². The number of carbonyl (C=O) groups excluding carboxylic acids is 2. The molecular weight excluding hydrogens is 485 g/mol. The zero-order chi connectivity index (χ0) is 21.7. The highest BCUT2D eigenvalue weighted by Gasteiger charge is 2.10. The number of fused-ring (bicyclic) bond motifs is 2. The molecule has 166 valence electrons. The van der Waals surface area contributed by atoms with E-state index in [1.54, 1.807) is 47.0 Å².